The summed E-state index contributed by atoms with van der Waals surface area (Å²) in [6.45, 7) is 0. The molecule has 2 amide bonds. The number of anilines is 1. The van der Waals surface area contributed by atoms with Gasteiger partial charge in [0.15, 0.2) is 6.26 Å². The predicted octanol–water partition coefficient (Wildman–Crippen LogP) is -1.12. The van der Waals surface area contributed by atoms with Crippen molar-refractivity contribution in [2.75, 3.05) is 11.6 Å². The van der Waals surface area contributed by atoms with Gasteiger partial charge in [-0.1, -0.05) is 29.3 Å². The van der Waals surface area contributed by atoms with E-state index in [9.17, 15) is 4.79 Å². The molecule has 0 fully saturated rings. The molecule has 0 aliphatic heterocycles. The Balaban J connectivity index is 0.00000256. The maximum absolute atomic E-state index is 10.7. The number of primary amides is 1. The summed E-state index contributed by atoms with van der Waals surface area (Å²) in [4.78, 5) is 10.7. The molecule has 1 aromatic rings. The van der Waals surface area contributed by atoms with Crippen molar-refractivity contribution >= 4 is 51.4 Å². The summed E-state index contributed by atoms with van der Waals surface area (Å²) in [5, 5.41) is 6.71. The van der Waals surface area contributed by atoms with Crippen molar-refractivity contribution in [3.8, 4) is 0 Å². The van der Waals surface area contributed by atoms with Crippen molar-refractivity contribution in [2.24, 2.45) is 5.73 Å². The predicted molar refractivity (Wildman–Crippen MR) is 71.1 cm³/mol. The lowest BCUT2D eigenvalue weighted by Crippen LogP contribution is -3.00. The molecule has 0 bridgehead atoms. The summed E-state index contributed by atoms with van der Waals surface area (Å²) < 4.78 is 0. The van der Waals surface area contributed by atoms with Crippen LogP contribution in [-0.2, 0) is 11.4 Å². The van der Waals surface area contributed by atoms with E-state index in [0.717, 1.165) is 0 Å². The van der Waals surface area contributed by atoms with Crippen molar-refractivity contribution in [3.05, 3.63) is 28.2 Å². The lowest BCUT2D eigenvalue weighted by atomic mass is 10.3. The molecule has 0 atom stereocenters. The van der Waals surface area contributed by atoms with Crippen LogP contribution in [0.5, 0.6) is 0 Å². The largest absolute Gasteiger partial charge is 1.00 e. The Morgan fingerprint density at radius 1 is 1.35 bits per heavy atom. The molecule has 17 heavy (non-hydrogen) atoms. The summed E-state index contributed by atoms with van der Waals surface area (Å²) in [5.41, 5.74) is 5.54. The van der Waals surface area contributed by atoms with Crippen LogP contribution < -0.4 is 40.3 Å². The number of hydrogen-bond donors (Lipinski definition) is 3. The first kappa shape index (κ1) is 16.7. The molecule has 1 rings (SSSR count). The summed E-state index contributed by atoms with van der Waals surface area (Å²) in [6.07, 6.45) is 1.78. The quantitative estimate of drug-likeness (QED) is 0.314. The number of rotatable bonds is 1. The topological polar surface area (TPSA) is 67.1 Å². The van der Waals surface area contributed by atoms with Crippen LogP contribution in [0.3, 0.4) is 0 Å². The lowest BCUT2D eigenvalue weighted by Gasteiger charge is -2.07. The second-order valence-electron chi connectivity index (χ2n) is 2.74. The van der Waals surface area contributed by atoms with Gasteiger partial charge in [0, 0.05) is 0 Å². The molecule has 4 N–H and O–H groups in total. The first-order chi connectivity index (χ1) is 7.54. The molecule has 0 radical (unpaired) electrons. The van der Waals surface area contributed by atoms with Gasteiger partial charge in [-0.2, -0.15) is 0 Å². The van der Waals surface area contributed by atoms with Gasteiger partial charge < -0.3 is 29.7 Å². The number of carbonyl (C=O) groups excluding carboxylic acids is 1. The third-order valence-corrected chi connectivity index (χ3v) is 2.88. The van der Waals surface area contributed by atoms with E-state index in [-0.39, 0.29) is 24.0 Å². The number of benzene rings is 1. The van der Waals surface area contributed by atoms with Crippen LogP contribution in [0.2, 0.25) is 10.0 Å². The van der Waals surface area contributed by atoms with Gasteiger partial charge in [0.2, 0.25) is 11.4 Å². The Morgan fingerprint density at radius 2 is 1.88 bits per heavy atom. The van der Waals surface area contributed by atoms with E-state index in [2.05, 4.69) is 10.6 Å². The Hall–Kier alpha value is -0.310. The Labute approximate surface area is 130 Å². The third-order valence-electron chi connectivity index (χ3n) is 1.64. The zero-order valence-electron chi connectivity index (χ0n) is 8.76. The van der Waals surface area contributed by atoms with Crippen LogP contribution in [0.1, 0.15) is 0 Å². The van der Waals surface area contributed by atoms with Gasteiger partial charge in [-0.3, -0.25) is 5.32 Å². The minimum absolute atomic E-state index is 0. The monoisotopic (exact) mass is 405 g/mol. The number of halogens is 3. The highest BCUT2D eigenvalue weighted by Crippen LogP contribution is 2.29. The SMILES string of the molecule is C/[S+]=C(\NC(N)=O)Nc1c(Cl)cccc1Cl.[I-]. The number of para-hydroxylation sites is 1. The van der Waals surface area contributed by atoms with Crippen LogP contribution >= 0.6 is 23.2 Å². The van der Waals surface area contributed by atoms with Crippen LogP contribution in [0.25, 0.3) is 0 Å². The minimum Gasteiger partial charge on any atom is -1.00 e. The molecule has 0 saturated heterocycles. The number of hydrogen-bond acceptors (Lipinski definition) is 1. The molecule has 8 heteroatoms. The first-order valence-corrected chi connectivity index (χ1v) is 6.21. The van der Waals surface area contributed by atoms with Crippen molar-refractivity contribution in [1.29, 1.82) is 0 Å². The number of urea groups is 1. The van der Waals surface area contributed by atoms with Crippen LogP contribution in [0.15, 0.2) is 18.2 Å². The van der Waals surface area contributed by atoms with Gasteiger partial charge in [0.25, 0.3) is 0 Å². The summed E-state index contributed by atoms with van der Waals surface area (Å²) >= 11 is 13.2. The first-order valence-electron chi connectivity index (χ1n) is 4.23. The fourth-order valence-electron chi connectivity index (χ4n) is 0.976. The normalized spacial score (nSPS) is 10.4. The van der Waals surface area contributed by atoms with E-state index in [1.165, 1.54) is 11.4 Å². The number of amides is 2. The van der Waals surface area contributed by atoms with Crippen molar-refractivity contribution < 1.29 is 28.8 Å². The molecule has 1 aromatic carbocycles. The highest BCUT2D eigenvalue weighted by molar-refractivity contribution is 7.78. The zero-order valence-corrected chi connectivity index (χ0v) is 13.2. The van der Waals surface area contributed by atoms with Crippen LogP contribution in [0, 0.1) is 0 Å². The van der Waals surface area contributed by atoms with Crippen molar-refractivity contribution in [1.82, 2.24) is 5.32 Å². The zero-order chi connectivity index (χ0) is 12.1. The van der Waals surface area contributed by atoms with Gasteiger partial charge >= 0.3 is 11.1 Å². The number of nitrogens with one attached hydrogen (secondary N) is 2. The van der Waals surface area contributed by atoms with E-state index in [1.807, 2.05) is 0 Å². The highest BCUT2D eigenvalue weighted by atomic mass is 127. The van der Waals surface area contributed by atoms with E-state index in [1.54, 1.807) is 24.5 Å². The molecule has 0 unspecified atom stereocenters. The lowest BCUT2D eigenvalue weighted by molar-refractivity contribution is -0.00000655. The maximum Gasteiger partial charge on any atom is 0.375 e. The van der Waals surface area contributed by atoms with Crippen molar-refractivity contribution in [2.45, 2.75) is 0 Å². The van der Waals surface area contributed by atoms with E-state index < -0.39 is 6.03 Å². The molecule has 0 spiro atoms. The molecule has 4 nitrogen and oxygen atoms in total. The minimum atomic E-state index is -0.653. The average molecular weight is 406 g/mol. The second kappa shape index (κ2) is 7.91. The van der Waals surface area contributed by atoms with Crippen LogP contribution in [0.4, 0.5) is 10.5 Å². The maximum atomic E-state index is 10.7. The molecule has 0 saturated carbocycles. The molecule has 94 valence electrons. The standard InChI is InChI=1S/C9H9Cl2N3OS.HI/c1-16-9(14-8(12)15)13-7-5(10)3-2-4-6(7)11;/h2-4,13H,1H3,(H2-,12,14,15);1H. The van der Waals surface area contributed by atoms with E-state index in [4.69, 9.17) is 28.9 Å². The Bertz CT molecular complexity index is 422. The molecule has 0 heterocycles. The van der Waals surface area contributed by atoms with Gasteiger partial charge in [0.1, 0.15) is 0 Å². The molecular formula is C9H10Cl2IN3OS. The average Bonchev–Trinajstić information content (AvgIpc) is 2.21. The van der Waals surface area contributed by atoms with Gasteiger partial charge in [-0.15, -0.1) is 0 Å². The molecule has 0 aliphatic carbocycles. The third kappa shape index (κ3) is 5.24. The van der Waals surface area contributed by atoms with E-state index >= 15 is 0 Å². The summed E-state index contributed by atoms with van der Waals surface area (Å²) in [6, 6.07) is 4.46. The second-order valence-corrected chi connectivity index (χ2v) is 4.38. The van der Waals surface area contributed by atoms with E-state index in [0.29, 0.717) is 20.8 Å². The van der Waals surface area contributed by atoms with Gasteiger partial charge in [0.05, 0.1) is 15.7 Å². The smallest absolute Gasteiger partial charge is 0.375 e. The Morgan fingerprint density at radius 3 is 2.29 bits per heavy atom. The molecule has 0 aromatic heterocycles. The summed E-state index contributed by atoms with van der Waals surface area (Å²) in [7, 11) is 0. The van der Waals surface area contributed by atoms with Crippen molar-refractivity contribution in [3.63, 3.8) is 0 Å². The molecular weight excluding hydrogens is 396 g/mol. The fourth-order valence-corrected chi connectivity index (χ4v) is 1.87. The Kier molecular flexibility index (Phi) is 7.77. The molecule has 0 aliphatic rings. The summed E-state index contributed by atoms with van der Waals surface area (Å²) in [5.74, 6) is 0. The fraction of sp³-hybridized carbons (Fsp3) is 0.111. The van der Waals surface area contributed by atoms with Crippen LogP contribution in [-0.4, -0.2) is 17.4 Å². The number of nitrogens with two attached hydrogens (primary N) is 1. The highest BCUT2D eigenvalue weighted by Gasteiger charge is 2.14. The number of carbonyl (C=O) groups is 1. The van der Waals surface area contributed by atoms with Gasteiger partial charge in [-0.25, -0.2) is 10.1 Å². The van der Waals surface area contributed by atoms with Gasteiger partial charge in [-0.05, 0) is 12.1 Å².